The van der Waals surface area contributed by atoms with E-state index in [1.807, 2.05) is 0 Å². The van der Waals surface area contributed by atoms with Gasteiger partial charge in [-0.05, 0) is 48.4 Å². The summed E-state index contributed by atoms with van der Waals surface area (Å²) in [5.41, 5.74) is -0.364. The minimum Gasteiger partial charge on any atom is -0.468 e. The first-order chi connectivity index (χ1) is 12.5. The lowest BCUT2D eigenvalue weighted by Crippen LogP contribution is -2.43. The molecule has 2 aromatic rings. The lowest BCUT2D eigenvalue weighted by atomic mass is 10.1. The molecule has 0 bridgehead atoms. The summed E-state index contributed by atoms with van der Waals surface area (Å²) >= 11 is 5.79. The zero-order valence-corrected chi connectivity index (χ0v) is 15.5. The van der Waals surface area contributed by atoms with Gasteiger partial charge in [-0.2, -0.15) is 17.9 Å². The fraction of sp³-hybridized carbons (Fsp3) is 0.235. The zero-order chi connectivity index (χ0) is 20.2. The number of carbonyl (C=O) groups is 1. The maximum atomic E-state index is 12.6. The lowest BCUT2D eigenvalue weighted by Gasteiger charge is -2.17. The van der Waals surface area contributed by atoms with E-state index in [-0.39, 0.29) is 6.42 Å². The predicted molar refractivity (Wildman–Crippen MR) is 92.7 cm³/mol. The van der Waals surface area contributed by atoms with Crippen molar-refractivity contribution in [3.8, 4) is 0 Å². The second kappa shape index (κ2) is 8.28. The minimum absolute atomic E-state index is 0.0241. The van der Waals surface area contributed by atoms with Crippen molar-refractivity contribution < 1.29 is 31.1 Å². The van der Waals surface area contributed by atoms with Crippen LogP contribution in [0.15, 0.2) is 53.4 Å². The Balaban J connectivity index is 2.24. The molecular weight excluding hydrogens is 407 g/mol. The van der Waals surface area contributed by atoms with Gasteiger partial charge in [0.2, 0.25) is 10.0 Å². The third-order valence-electron chi connectivity index (χ3n) is 3.63. The first-order valence-corrected chi connectivity index (χ1v) is 9.41. The summed E-state index contributed by atoms with van der Waals surface area (Å²) in [5.74, 6) is -0.833. The first-order valence-electron chi connectivity index (χ1n) is 7.55. The molecule has 10 heteroatoms. The number of nitrogens with one attached hydrogen (secondary N) is 1. The molecule has 146 valence electrons. The Kier molecular flexibility index (Phi) is 6.50. The first kappa shape index (κ1) is 21.2. The van der Waals surface area contributed by atoms with Gasteiger partial charge in [-0.25, -0.2) is 8.42 Å². The molecule has 0 aliphatic carbocycles. The normalized spacial score (nSPS) is 13.2. The van der Waals surface area contributed by atoms with Crippen LogP contribution in [0.5, 0.6) is 0 Å². The monoisotopic (exact) mass is 421 g/mol. The van der Waals surface area contributed by atoms with Crippen LogP contribution in [0, 0.1) is 0 Å². The van der Waals surface area contributed by atoms with Crippen LogP contribution in [0.25, 0.3) is 0 Å². The highest BCUT2D eigenvalue weighted by Crippen LogP contribution is 2.29. The van der Waals surface area contributed by atoms with Crippen LogP contribution < -0.4 is 4.72 Å². The second-order valence-electron chi connectivity index (χ2n) is 5.55. The van der Waals surface area contributed by atoms with Crippen molar-refractivity contribution in [2.24, 2.45) is 0 Å². The zero-order valence-electron chi connectivity index (χ0n) is 14.0. The van der Waals surface area contributed by atoms with Crippen molar-refractivity contribution in [2.45, 2.75) is 23.5 Å². The minimum atomic E-state index is -4.58. The Morgan fingerprint density at radius 3 is 2.15 bits per heavy atom. The molecule has 2 rings (SSSR count). The molecule has 5 nitrogen and oxygen atoms in total. The van der Waals surface area contributed by atoms with Crippen LogP contribution in [0.4, 0.5) is 13.2 Å². The summed E-state index contributed by atoms with van der Waals surface area (Å²) < 4.78 is 69.5. The number of methoxy groups -OCH3 is 1. The van der Waals surface area contributed by atoms with Crippen molar-refractivity contribution in [2.75, 3.05) is 7.11 Å². The van der Waals surface area contributed by atoms with Crippen molar-refractivity contribution in [3.05, 3.63) is 64.7 Å². The van der Waals surface area contributed by atoms with E-state index in [0.29, 0.717) is 22.7 Å². The summed E-state index contributed by atoms with van der Waals surface area (Å²) in [6.07, 6.45) is -4.61. The highest BCUT2D eigenvalue weighted by atomic mass is 35.5. The maximum Gasteiger partial charge on any atom is 0.416 e. The number of sulfonamides is 1. The third kappa shape index (κ3) is 5.69. The van der Waals surface area contributed by atoms with E-state index in [2.05, 4.69) is 9.46 Å². The van der Waals surface area contributed by atoms with Crippen molar-refractivity contribution in [1.82, 2.24) is 4.72 Å². The molecule has 0 aliphatic heterocycles. The predicted octanol–water partition coefficient (Wildman–Crippen LogP) is 3.42. The molecule has 0 saturated heterocycles. The van der Waals surface area contributed by atoms with Crippen LogP contribution >= 0.6 is 11.6 Å². The molecule has 0 heterocycles. The van der Waals surface area contributed by atoms with E-state index in [0.717, 1.165) is 19.2 Å². The second-order valence-corrected chi connectivity index (χ2v) is 7.70. The van der Waals surface area contributed by atoms with Crippen molar-refractivity contribution >= 4 is 27.6 Å². The SMILES string of the molecule is COC(=O)C(Cc1ccc(Cl)cc1)NS(=O)(=O)c1ccc(C(F)(F)F)cc1. The smallest absolute Gasteiger partial charge is 0.416 e. The fourth-order valence-corrected chi connectivity index (χ4v) is 3.56. The molecule has 0 spiro atoms. The highest BCUT2D eigenvalue weighted by Gasteiger charge is 2.31. The van der Waals surface area contributed by atoms with Crippen molar-refractivity contribution in [1.29, 1.82) is 0 Å². The number of ether oxygens (including phenoxy) is 1. The molecule has 0 saturated carbocycles. The Labute approximate surface area is 159 Å². The van der Waals surface area contributed by atoms with E-state index in [1.165, 1.54) is 0 Å². The fourth-order valence-electron chi connectivity index (χ4n) is 2.25. The summed E-state index contributed by atoms with van der Waals surface area (Å²) in [5, 5.41) is 0.471. The van der Waals surface area contributed by atoms with Crippen LogP contribution in [0.1, 0.15) is 11.1 Å². The summed E-state index contributed by atoms with van der Waals surface area (Å²) in [6.45, 7) is 0. The summed E-state index contributed by atoms with van der Waals surface area (Å²) in [7, 11) is -3.15. The molecule has 1 unspecified atom stereocenters. The van der Waals surface area contributed by atoms with E-state index >= 15 is 0 Å². The van der Waals surface area contributed by atoms with E-state index in [9.17, 15) is 26.4 Å². The Bertz CT molecular complexity index is 897. The van der Waals surface area contributed by atoms with Gasteiger partial charge in [0.15, 0.2) is 0 Å². The standard InChI is InChI=1S/C17H15ClF3NO4S/c1-26-16(23)15(10-11-2-6-13(18)7-3-11)22-27(24,25)14-8-4-12(5-9-14)17(19,20)21/h2-9,15,22H,10H2,1H3. The number of hydrogen-bond donors (Lipinski definition) is 1. The third-order valence-corrected chi connectivity index (χ3v) is 5.37. The van der Waals surface area contributed by atoms with E-state index in [1.54, 1.807) is 24.3 Å². The summed E-state index contributed by atoms with van der Waals surface area (Å²) in [6, 6.07) is 8.08. The Morgan fingerprint density at radius 2 is 1.67 bits per heavy atom. The van der Waals surface area contributed by atoms with Gasteiger partial charge < -0.3 is 4.74 Å². The number of carbonyl (C=O) groups excluding carboxylic acids is 1. The number of rotatable bonds is 6. The highest BCUT2D eigenvalue weighted by molar-refractivity contribution is 7.89. The molecule has 27 heavy (non-hydrogen) atoms. The van der Waals surface area contributed by atoms with E-state index in [4.69, 9.17) is 11.6 Å². The van der Waals surface area contributed by atoms with Crippen LogP contribution in [0.2, 0.25) is 5.02 Å². The quantitative estimate of drug-likeness (QED) is 0.725. The van der Waals surface area contributed by atoms with Crippen LogP contribution in [0.3, 0.4) is 0 Å². The number of benzene rings is 2. The molecular formula is C17H15ClF3NO4S. The van der Waals surface area contributed by atoms with Gasteiger partial charge in [0.05, 0.1) is 17.6 Å². The van der Waals surface area contributed by atoms with Gasteiger partial charge in [0.25, 0.3) is 0 Å². The Hall–Kier alpha value is -2.10. The van der Waals surface area contributed by atoms with Gasteiger partial charge in [-0.15, -0.1) is 0 Å². The molecule has 0 fully saturated rings. The van der Waals surface area contributed by atoms with Gasteiger partial charge in [0, 0.05) is 5.02 Å². The van der Waals surface area contributed by atoms with Crippen LogP contribution in [-0.2, 0) is 32.2 Å². The average molecular weight is 422 g/mol. The molecule has 1 atom stereocenters. The number of alkyl halides is 3. The average Bonchev–Trinajstić information content (AvgIpc) is 2.61. The number of halogens is 4. The molecule has 0 radical (unpaired) electrons. The van der Waals surface area contributed by atoms with Crippen molar-refractivity contribution in [3.63, 3.8) is 0 Å². The molecule has 2 aromatic carbocycles. The molecule has 0 amide bonds. The topological polar surface area (TPSA) is 72.5 Å². The van der Waals surface area contributed by atoms with Gasteiger partial charge in [-0.3, -0.25) is 4.79 Å². The molecule has 0 aliphatic rings. The molecule has 0 aromatic heterocycles. The van der Waals surface area contributed by atoms with E-state index < -0.39 is 38.7 Å². The Morgan fingerprint density at radius 1 is 1.11 bits per heavy atom. The van der Waals surface area contributed by atoms with Crippen LogP contribution in [-0.4, -0.2) is 27.5 Å². The number of esters is 1. The van der Waals surface area contributed by atoms with Gasteiger partial charge in [0.1, 0.15) is 6.04 Å². The summed E-state index contributed by atoms with van der Waals surface area (Å²) in [4.78, 5) is 11.6. The largest absolute Gasteiger partial charge is 0.468 e. The molecule has 1 N–H and O–H groups in total. The lowest BCUT2D eigenvalue weighted by molar-refractivity contribution is -0.142. The van der Waals surface area contributed by atoms with Gasteiger partial charge >= 0.3 is 12.1 Å². The van der Waals surface area contributed by atoms with Gasteiger partial charge in [-0.1, -0.05) is 23.7 Å². The number of hydrogen-bond acceptors (Lipinski definition) is 4. The maximum absolute atomic E-state index is 12.6.